The first-order valence-corrected chi connectivity index (χ1v) is 8.64. The van der Waals surface area contributed by atoms with Gasteiger partial charge in [-0.25, -0.2) is 4.39 Å². The minimum atomic E-state index is -0.431. The summed E-state index contributed by atoms with van der Waals surface area (Å²) in [6.45, 7) is 3.94. The molecular weight excluding hydrogens is 325 g/mol. The molecule has 0 radical (unpaired) electrons. The smallest absolute Gasteiger partial charge is 0.234 e. The molecule has 1 saturated heterocycles. The van der Waals surface area contributed by atoms with Gasteiger partial charge in [0.15, 0.2) is 11.6 Å². The maximum atomic E-state index is 13.8. The first-order valence-electron chi connectivity index (χ1n) is 8.64. The Balaban J connectivity index is 1.46. The second-order valence-corrected chi connectivity index (χ2v) is 6.58. The fraction of sp³-hybridized carbons (Fsp3) is 0.556. The molecule has 1 N–H and O–H groups in total. The van der Waals surface area contributed by atoms with Crippen LogP contribution in [0, 0.1) is 5.82 Å². The highest BCUT2D eigenvalue weighted by molar-refractivity contribution is 6.01. The summed E-state index contributed by atoms with van der Waals surface area (Å²) in [5.74, 6) is -0.233. The number of carbonyl (C=O) groups excluding carboxylic acids is 1. The Kier molecular flexibility index (Phi) is 5.53. The fourth-order valence-electron chi connectivity index (χ4n) is 3.25. The molecule has 2 heterocycles. The minimum absolute atomic E-state index is 0.00120. The number of halogens is 1. The van der Waals surface area contributed by atoms with Crippen LogP contribution in [-0.2, 0) is 9.63 Å². The van der Waals surface area contributed by atoms with E-state index >= 15 is 0 Å². The number of ether oxygens (including phenoxy) is 1. The Morgan fingerprint density at radius 3 is 3.04 bits per heavy atom. The van der Waals surface area contributed by atoms with E-state index in [4.69, 9.17) is 9.57 Å². The minimum Gasteiger partial charge on any atom is -0.494 e. The van der Waals surface area contributed by atoms with Gasteiger partial charge in [0.25, 0.3) is 0 Å². The number of amides is 1. The van der Waals surface area contributed by atoms with Crippen LogP contribution < -0.4 is 10.1 Å². The Labute approximate surface area is 147 Å². The first-order chi connectivity index (χ1) is 12.1. The number of benzene rings is 1. The molecule has 0 saturated carbocycles. The van der Waals surface area contributed by atoms with Gasteiger partial charge in [-0.15, -0.1) is 0 Å². The largest absolute Gasteiger partial charge is 0.494 e. The van der Waals surface area contributed by atoms with Crippen molar-refractivity contribution in [2.45, 2.75) is 38.3 Å². The van der Waals surface area contributed by atoms with E-state index in [1.54, 1.807) is 12.1 Å². The van der Waals surface area contributed by atoms with Gasteiger partial charge in [0, 0.05) is 18.0 Å². The molecule has 25 heavy (non-hydrogen) atoms. The van der Waals surface area contributed by atoms with E-state index in [-0.39, 0.29) is 17.8 Å². The van der Waals surface area contributed by atoms with E-state index in [2.05, 4.69) is 22.3 Å². The predicted molar refractivity (Wildman–Crippen MR) is 92.3 cm³/mol. The van der Waals surface area contributed by atoms with Crippen molar-refractivity contribution in [3.63, 3.8) is 0 Å². The van der Waals surface area contributed by atoms with Gasteiger partial charge < -0.3 is 14.9 Å². The molecule has 1 amide bonds. The number of nitrogens with one attached hydrogen (secondary N) is 1. The van der Waals surface area contributed by atoms with Crippen molar-refractivity contribution in [1.29, 1.82) is 0 Å². The summed E-state index contributed by atoms with van der Waals surface area (Å²) in [6.07, 6.45) is 2.61. The lowest BCUT2D eigenvalue weighted by molar-refractivity contribution is -0.123. The second-order valence-electron chi connectivity index (χ2n) is 6.58. The van der Waals surface area contributed by atoms with Crippen molar-refractivity contribution in [3.8, 4) is 5.75 Å². The summed E-state index contributed by atoms with van der Waals surface area (Å²) in [7, 11) is 1.43. The number of nitrogens with zero attached hydrogens (tertiary/aromatic N) is 2. The van der Waals surface area contributed by atoms with E-state index in [9.17, 15) is 9.18 Å². The zero-order chi connectivity index (χ0) is 17.8. The van der Waals surface area contributed by atoms with Crippen LogP contribution in [0.1, 0.15) is 31.7 Å². The molecule has 1 fully saturated rings. The SMILES string of the molecule is COc1ccc(C2=NO[C@@H](CNC(=O)CN3CCC[C@@H]3C)C2)cc1F. The molecule has 7 heteroatoms. The summed E-state index contributed by atoms with van der Waals surface area (Å²) in [4.78, 5) is 19.6. The monoisotopic (exact) mass is 349 g/mol. The molecule has 0 spiro atoms. The summed E-state index contributed by atoms with van der Waals surface area (Å²) in [5.41, 5.74) is 1.34. The Hall–Kier alpha value is -2.15. The average Bonchev–Trinajstić information content (AvgIpc) is 3.22. The molecule has 2 aliphatic heterocycles. The highest BCUT2D eigenvalue weighted by Gasteiger charge is 2.25. The standard InChI is InChI=1S/C18H24FN3O3/c1-12-4-3-7-22(12)11-18(23)20-10-14-9-16(21-25-14)13-5-6-17(24-2)15(19)8-13/h5-6,8,12,14H,3-4,7,9-11H2,1-2H3,(H,20,23)/t12-,14+/m0/s1. The van der Waals surface area contributed by atoms with Crippen LogP contribution in [0.4, 0.5) is 4.39 Å². The number of likely N-dealkylation sites (tertiary alicyclic amines) is 1. The number of carbonyl (C=O) groups is 1. The van der Waals surface area contributed by atoms with Crippen LogP contribution in [0.3, 0.4) is 0 Å². The number of methoxy groups -OCH3 is 1. The third-order valence-electron chi connectivity index (χ3n) is 4.78. The number of rotatable bonds is 6. The second kappa shape index (κ2) is 7.82. The number of oxime groups is 1. The van der Waals surface area contributed by atoms with Crippen molar-refractivity contribution in [2.75, 3.05) is 26.7 Å². The van der Waals surface area contributed by atoms with Gasteiger partial charge in [0.05, 0.1) is 25.9 Å². The molecule has 136 valence electrons. The third-order valence-corrected chi connectivity index (χ3v) is 4.78. The molecule has 0 aromatic heterocycles. The van der Waals surface area contributed by atoms with Gasteiger partial charge in [-0.05, 0) is 44.5 Å². The number of hydrogen-bond acceptors (Lipinski definition) is 5. The summed E-state index contributed by atoms with van der Waals surface area (Å²) in [6, 6.07) is 5.17. The zero-order valence-electron chi connectivity index (χ0n) is 14.6. The van der Waals surface area contributed by atoms with Crippen molar-refractivity contribution >= 4 is 11.6 Å². The Bertz CT molecular complexity index is 665. The lowest BCUT2D eigenvalue weighted by Crippen LogP contribution is -2.41. The van der Waals surface area contributed by atoms with Crippen molar-refractivity contribution in [2.24, 2.45) is 5.16 Å². The van der Waals surface area contributed by atoms with E-state index in [1.165, 1.54) is 13.2 Å². The quantitative estimate of drug-likeness (QED) is 0.852. The fourth-order valence-corrected chi connectivity index (χ4v) is 3.25. The zero-order valence-corrected chi connectivity index (χ0v) is 14.6. The van der Waals surface area contributed by atoms with Gasteiger partial charge in [-0.3, -0.25) is 9.69 Å². The normalized spacial score (nSPS) is 23.2. The molecule has 1 aromatic rings. The van der Waals surface area contributed by atoms with Crippen LogP contribution in [-0.4, -0.2) is 55.4 Å². The van der Waals surface area contributed by atoms with Crippen molar-refractivity contribution in [1.82, 2.24) is 10.2 Å². The van der Waals surface area contributed by atoms with Gasteiger partial charge in [0.1, 0.15) is 6.10 Å². The average molecular weight is 349 g/mol. The molecule has 1 aromatic carbocycles. The molecule has 0 unspecified atom stereocenters. The lowest BCUT2D eigenvalue weighted by Gasteiger charge is -2.20. The molecule has 0 aliphatic carbocycles. The van der Waals surface area contributed by atoms with Crippen LogP contribution in [0.5, 0.6) is 5.75 Å². The molecular formula is C18H24FN3O3. The van der Waals surface area contributed by atoms with E-state index in [0.29, 0.717) is 36.8 Å². The molecule has 6 nitrogen and oxygen atoms in total. The van der Waals surface area contributed by atoms with Gasteiger partial charge in [-0.1, -0.05) is 5.16 Å². The molecule has 3 rings (SSSR count). The van der Waals surface area contributed by atoms with Gasteiger partial charge in [-0.2, -0.15) is 0 Å². The van der Waals surface area contributed by atoms with Crippen molar-refractivity contribution < 1.29 is 18.8 Å². The van der Waals surface area contributed by atoms with E-state index in [1.807, 2.05) is 0 Å². The molecule has 0 bridgehead atoms. The lowest BCUT2D eigenvalue weighted by atomic mass is 10.0. The summed E-state index contributed by atoms with van der Waals surface area (Å²) >= 11 is 0. The van der Waals surface area contributed by atoms with Crippen LogP contribution >= 0.6 is 0 Å². The van der Waals surface area contributed by atoms with Crippen LogP contribution in [0.15, 0.2) is 23.4 Å². The first kappa shape index (κ1) is 17.7. The topological polar surface area (TPSA) is 63.2 Å². The van der Waals surface area contributed by atoms with Crippen LogP contribution in [0.2, 0.25) is 0 Å². The Morgan fingerprint density at radius 2 is 2.36 bits per heavy atom. The van der Waals surface area contributed by atoms with Gasteiger partial charge >= 0.3 is 0 Å². The Morgan fingerprint density at radius 1 is 1.52 bits per heavy atom. The van der Waals surface area contributed by atoms with Gasteiger partial charge in [0.2, 0.25) is 5.91 Å². The highest BCUT2D eigenvalue weighted by atomic mass is 19.1. The molecule has 2 aliphatic rings. The summed E-state index contributed by atoms with van der Waals surface area (Å²) < 4.78 is 18.7. The van der Waals surface area contributed by atoms with E-state index < -0.39 is 5.82 Å². The summed E-state index contributed by atoms with van der Waals surface area (Å²) in [5, 5.41) is 6.93. The van der Waals surface area contributed by atoms with Crippen molar-refractivity contribution in [3.05, 3.63) is 29.6 Å². The van der Waals surface area contributed by atoms with E-state index in [0.717, 1.165) is 19.4 Å². The number of hydrogen-bond donors (Lipinski definition) is 1. The predicted octanol–water partition coefficient (Wildman–Crippen LogP) is 1.93. The van der Waals surface area contributed by atoms with Crippen LogP contribution in [0.25, 0.3) is 0 Å². The third kappa shape index (κ3) is 4.28. The molecule has 2 atom stereocenters. The maximum Gasteiger partial charge on any atom is 0.234 e. The maximum absolute atomic E-state index is 13.8. The highest BCUT2D eigenvalue weighted by Crippen LogP contribution is 2.22.